The molecular formula is C11H23NO2. The van der Waals surface area contributed by atoms with Crippen molar-refractivity contribution in [3.05, 3.63) is 0 Å². The first-order valence-corrected chi connectivity index (χ1v) is 5.69. The van der Waals surface area contributed by atoms with Gasteiger partial charge in [0.05, 0.1) is 13.2 Å². The Kier molecular flexibility index (Phi) is 5.45. The number of ether oxygens (including phenoxy) is 2. The summed E-state index contributed by atoms with van der Waals surface area (Å²) >= 11 is 0. The second-order valence-corrected chi connectivity index (χ2v) is 4.12. The molecule has 0 saturated carbocycles. The van der Waals surface area contributed by atoms with Crippen LogP contribution in [0.3, 0.4) is 0 Å². The molecule has 1 heterocycles. The van der Waals surface area contributed by atoms with Crippen LogP contribution in [0.2, 0.25) is 0 Å². The summed E-state index contributed by atoms with van der Waals surface area (Å²) < 4.78 is 11.0. The lowest BCUT2D eigenvalue weighted by atomic mass is 9.88. The van der Waals surface area contributed by atoms with Crippen LogP contribution in [-0.4, -0.2) is 39.5 Å². The molecule has 1 rings (SSSR count). The van der Waals surface area contributed by atoms with E-state index in [2.05, 4.69) is 12.2 Å². The van der Waals surface area contributed by atoms with Gasteiger partial charge in [-0.15, -0.1) is 0 Å². The van der Waals surface area contributed by atoms with Gasteiger partial charge in [0.25, 0.3) is 0 Å². The highest BCUT2D eigenvalue weighted by atomic mass is 16.5. The fourth-order valence-corrected chi connectivity index (χ4v) is 1.80. The molecule has 84 valence electrons. The fraction of sp³-hybridized carbons (Fsp3) is 1.00. The molecular weight excluding hydrogens is 178 g/mol. The zero-order valence-corrected chi connectivity index (χ0v) is 9.47. The minimum Gasteiger partial charge on any atom is -0.381 e. The second-order valence-electron chi connectivity index (χ2n) is 4.12. The molecule has 1 aliphatic heterocycles. The smallest absolute Gasteiger partial charge is 0.0557 e. The topological polar surface area (TPSA) is 30.5 Å². The van der Waals surface area contributed by atoms with E-state index in [1.54, 1.807) is 0 Å². The average molecular weight is 201 g/mol. The lowest BCUT2D eigenvalue weighted by molar-refractivity contribution is 0.0400. The number of hydrogen-bond donors (Lipinski definition) is 1. The minimum atomic E-state index is 0.241. The van der Waals surface area contributed by atoms with Crippen LogP contribution in [0.4, 0.5) is 0 Å². The van der Waals surface area contributed by atoms with Crippen molar-refractivity contribution >= 4 is 0 Å². The number of rotatable bonds is 7. The van der Waals surface area contributed by atoms with E-state index < -0.39 is 0 Å². The molecule has 1 unspecified atom stereocenters. The van der Waals surface area contributed by atoms with Gasteiger partial charge in [-0.25, -0.2) is 0 Å². The van der Waals surface area contributed by atoms with Crippen molar-refractivity contribution in [3.63, 3.8) is 0 Å². The Bertz CT molecular complexity index is 144. The SMILES string of the molecule is CCCNCC1(COCC)CCOC1. The van der Waals surface area contributed by atoms with Gasteiger partial charge in [-0.2, -0.15) is 0 Å². The highest BCUT2D eigenvalue weighted by Gasteiger charge is 2.34. The predicted octanol–water partition coefficient (Wildman–Crippen LogP) is 1.43. The van der Waals surface area contributed by atoms with Crippen molar-refractivity contribution in [1.29, 1.82) is 0 Å². The summed E-state index contributed by atoms with van der Waals surface area (Å²) in [4.78, 5) is 0. The molecule has 3 heteroatoms. The monoisotopic (exact) mass is 201 g/mol. The van der Waals surface area contributed by atoms with Gasteiger partial charge in [0.1, 0.15) is 0 Å². The second kappa shape index (κ2) is 6.38. The third kappa shape index (κ3) is 3.56. The van der Waals surface area contributed by atoms with E-state index in [0.717, 1.165) is 45.9 Å². The maximum atomic E-state index is 5.53. The van der Waals surface area contributed by atoms with Crippen molar-refractivity contribution in [1.82, 2.24) is 5.32 Å². The lowest BCUT2D eigenvalue weighted by Gasteiger charge is -2.27. The summed E-state index contributed by atoms with van der Waals surface area (Å²) in [6, 6.07) is 0. The minimum absolute atomic E-state index is 0.241. The highest BCUT2D eigenvalue weighted by Crippen LogP contribution is 2.28. The van der Waals surface area contributed by atoms with E-state index in [1.165, 1.54) is 6.42 Å². The highest BCUT2D eigenvalue weighted by molar-refractivity contribution is 4.85. The molecule has 0 aromatic rings. The molecule has 1 atom stereocenters. The van der Waals surface area contributed by atoms with Gasteiger partial charge < -0.3 is 14.8 Å². The molecule has 1 fully saturated rings. The van der Waals surface area contributed by atoms with Gasteiger partial charge in [0.15, 0.2) is 0 Å². The molecule has 3 nitrogen and oxygen atoms in total. The van der Waals surface area contributed by atoms with Gasteiger partial charge >= 0.3 is 0 Å². The molecule has 0 radical (unpaired) electrons. The first kappa shape index (κ1) is 12.0. The Morgan fingerprint density at radius 3 is 2.86 bits per heavy atom. The Morgan fingerprint density at radius 2 is 2.29 bits per heavy atom. The maximum Gasteiger partial charge on any atom is 0.0557 e. The van der Waals surface area contributed by atoms with Crippen molar-refractivity contribution in [2.24, 2.45) is 5.41 Å². The Hall–Kier alpha value is -0.120. The van der Waals surface area contributed by atoms with Crippen LogP contribution < -0.4 is 5.32 Å². The standard InChI is InChI=1S/C11H23NO2/c1-3-6-12-8-11(9-13-4-2)5-7-14-10-11/h12H,3-10H2,1-2H3. The first-order valence-electron chi connectivity index (χ1n) is 5.69. The fourth-order valence-electron chi connectivity index (χ4n) is 1.80. The molecule has 1 N–H and O–H groups in total. The van der Waals surface area contributed by atoms with E-state index in [1.807, 2.05) is 6.92 Å². The molecule has 1 saturated heterocycles. The van der Waals surface area contributed by atoms with Crippen molar-refractivity contribution < 1.29 is 9.47 Å². The third-order valence-electron chi connectivity index (χ3n) is 2.72. The van der Waals surface area contributed by atoms with Crippen molar-refractivity contribution in [2.75, 3.05) is 39.5 Å². The molecule has 0 spiro atoms. The van der Waals surface area contributed by atoms with Crippen LogP contribution >= 0.6 is 0 Å². The maximum absolute atomic E-state index is 5.53. The Balaban J connectivity index is 2.28. The van der Waals surface area contributed by atoms with Gasteiger partial charge in [-0.3, -0.25) is 0 Å². The van der Waals surface area contributed by atoms with E-state index in [9.17, 15) is 0 Å². The Labute approximate surface area is 87.2 Å². The number of hydrogen-bond acceptors (Lipinski definition) is 3. The van der Waals surface area contributed by atoms with E-state index in [0.29, 0.717) is 0 Å². The predicted molar refractivity (Wildman–Crippen MR) is 57.5 cm³/mol. The van der Waals surface area contributed by atoms with Crippen LogP contribution in [0.5, 0.6) is 0 Å². The molecule has 0 aromatic carbocycles. The van der Waals surface area contributed by atoms with Gasteiger partial charge in [-0.1, -0.05) is 6.92 Å². The lowest BCUT2D eigenvalue weighted by Crippen LogP contribution is -2.39. The van der Waals surface area contributed by atoms with Crippen LogP contribution in [-0.2, 0) is 9.47 Å². The zero-order valence-electron chi connectivity index (χ0n) is 9.47. The van der Waals surface area contributed by atoms with Crippen LogP contribution in [0.25, 0.3) is 0 Å². The molecule has 14 heavy (non-hydrogen) atoms. The summed E-state index contributed by atoms with van der Waals surface area (Å²) in [5, 5.41) is 3.47. The average Bonchev–Trinajstić information content (AvgIpc) is 2.65. The number of nitrogens with one attached hydrogen (secondary N) is 1. The zero-order chi connectivity index (χ0) is 10.3. The van der Waals surface area contributed by atoms with Gasteiger partial charge in [-0.05, 0) is 26.3 Å². The van der Waals surface area contributed by atoms with E-state index in [-0.39, 0.29) is 5.41 Å². The third-order valence-corrected chi connectivity index (χ3v) is 2.72. The molecule has 1 aliphatic rings. The van der Waals surface area contributed by atoms with Gasteiger partial charge in [0, 0.05) is 25.2 Å². The summed E-state index contributed by atoms with van der Waals surface area (Å²) in [7, 11) is 0. The van der Waals surface area contributed by atoms with Gasteiger partial charge in [0.2, 0.25) is 0 Å². The Morgan fingerprint density at radius 1 is 1.43 bits per heavy atom. The van der Waals surface area contributed by atoms with Crippen LogP contribution in [0, 0.1) is 5.41 Å². The summed E-state index contributed by atoms with van der Waals surface area (Å²) in [6.07, 6.45) is 2.31. The van der Waals surface area contributed by atoms with E-state index in [4.69, 9.17) is 9.47 Å². The van der Waals surface area contributed by atoms with Crippen LogP contribution in [0.15, 0.2) is 0 Å². The quantitative estimate of drug-likeness (QED) is 0.632. The molecule has 0 bridgehead atoms. The largest absolute Gasteiger partial charge is 0.381 e. The molecule has 0 aromatic heterocycles. The van der Waals surface area contributed by atoms with Crippen LogP contribution in [0.1, 0.15) is 26.7 Å². The summed E-state index contributed by atoms with van der Waals surface area (Å²) in [5.74, 6) is 0. The summed E-state index contributed by atoms with van der Waals surface area (Å²) in [5.41, 5.74) is 0.241. The molecule has 0 aliphatic carbocycles. The molecule has 0 amide bonds. The summed E-state index contributed by atoms with van der Waals surface area (Å²) in [6.45, 7) is 9.73. The normalized spacial score (nSPS) is 27.0. The van der Waals surface area contributed by atoms with E-state index >= 15 is 0 Å². The van der Waals surface area contributed by atoms with Crippen molar-refractivity contribution in [2.45, 2.75) is 26.7 Å². The first-order chi connectivity index (χ1) is 6.83. The van der Waals surface area contributed by atoms with Crippen molar-refractivity contribution in [3.8, 4) is 0 Å².